The zero-order valence-corrected chi connectivity index (χ0v) is 14.1. The highest BCUT2D eigenvalue weighted by atomic mass is 16.2. The van der Waals surface area contributed by atoms with Crippen LogP contribution in [0.2, 0.25) is 0 Å². The van der Waals surface area contributed by atoms with Crippen molar-refractivity contribution in [1.82, 2.24) is 25.4 Å². The molecule has 2 heterocycles. The molecule has 0 radical (unpaired) electrons. The number of rotatable bonds is 4. The van der Waals surface area contributed by atoms with Crippen molar-refractivity contribution < 1.29 is 9.59 Å². The molecule has 1 aliphatic rings. The summed E-state index contributed by atoms with van der Waals surface area (Å²) in [7, 11) is 1.66. The molecular formula is C17H22N6O2. The standard InChI is InChI=1S/C17H22N6O2/c1-18-16(24)12-3-5-13(6-4-12)21-17(25)22-14-7-8-15(19-11-14)23-10-2-9-20-23/h2,7-13H,3-6H2,1H3,(H,18,24)(H2,21,22,25). The lowest BCUT2D eigenvalue weighted by Gasteiger charge is -2.28. The molecule has 0 unspecified atom stereocenters. The van der Waals surface area contributed by atoms with E-state index in [1.807, 2.05) is 6.07 Å². The van der Waals surface area contributed by atoms with Gasteiger partial charge in [-0.1, -0.05) is 0 Å². The summed E-state index contributed by atoms with van der Waals surface area (Å²) in [6.45, 7) is 0. The van der Waals surface area contributed by atoms with E-state index < -0.39 is 0 Å². The first kappa shape index (κ1) is 16.9. The third-order valence-electron chi connectivity index (χ3n) is 4.42. The highest BCUT2D eigenvalue weighted by molar-refractivity contribution is 5.89. The van der Waals surface area contributed by atoms with E-state index >= 15 is 0 Å². The van der Waals surface area contributed by atoms with Crippen LogP contribution in [0.1, 0.15) is 25.7 Å². The fourth-order valence-corrected chi connectivity index (χ4v) is 3.06. The van der Waals surface area contributed by atoms with E-state index in [0.29, 0.717) is 11.5 Å². The second-order valence-electron chi connectivity index (χ2n) is 6.12. The first-order valence-corrected chi connectivity index (χ1v) is 8.41. The molecule has 0 bridgehead atoms. The van der Waals surface area contributed by atoms with Crippen molar-refractivity contribution in [1.29, 1.82) is 0 Å². The molecule has 1 fully saturated rings. The number of nitrogens with one attached hydrogen (secondary N) is 3. The van der Waals surface area contributed by atoms with Crippen LogP contribution in [0.15, 0.2) is 36.8 Å². The fraction of sp³-hybridized carbons (Fsp3) is 0.412. The third-order valence-corrected chi connectivity index (χ3v) is 4.42. The summed E-state index contributed by atoms with van der Waals surface area (Å²) in [5, 5.41) is 12.5. The number of pyridine rings is 1. The van der Waals surface area contributed by atoms with Crippen LogP contribution in [0, 0.1) is 5.92 Å². The minimum absolute atomic E-state index is 0.0603. The van der Waals surface area contributed by atoms with E-state index in [9.17, 15) is 9.59 Å². The van der Waals surface area contributed by atoms with Crippen LogP contribution in [-0.2, 0) is 4.79 Å². The van der Waals surface area contributed by atoms with Crippen LogP contribution < -0.4 is 16.0 Å². The lowest BCUT2D eigenvalue weighted by atomic mass is 9.85. The zero-order valence-electron chi connectivity index (χ0n) is 14.1. The molecular weight excluding hydrogens is 320 g/mol. The van der Waals surface area contributed by atoms with Gasteiger partial charge in [-0.25, -0.2) is 14.5 Å². The lowest BCUT2D eigenvalue weighted by molar-refractivity contribution is -0.125. The molecule has 8 heteroatoms. The predicted octanol–water partition coefficient (Wildman–Crippen LogP) is 1.69. The maximum absolute atomic E-state index is 12.1. The van der Waals surface area contributed by atoms with Gasteiger partial charge in [0.2, 0.25) is 5.91 Å². The Morgan fingerprint density at radius 3 is 2.60 bits per heavy atom. The highest BCUT2D eigenvalue weighted by Crippen LogP contribution is 2.24. The molecule has 3 rings (SSSR count). The highest BCUT2D eigenvalue weighted by Gasteiger charge is 2.26. The summed E-state index contributed by atoms with van der Waals surface area (Å²) < 4.78 is 1.65. The number of aromatic nitrogens is 3. The Kier molecular flexibility index (Phi) is 5.27. The Labute approximate surface area is 146 Å². The van der Waals surface area contributed by atoms with Crippen LogP contribution in [-0.4, -0.2) is 39.8 Å². The van der Waals surface area contributed by atoms with Gasteiger partial charge in [0, 0.05) is 31.4 Å². The van der Waals surface area contributed by atoms with E-state index in [0.717, 1.165) is 25.7 Å². The monoisotopic (exact) mass is 342 g/mol. The Bertz CT molecular complexity index is 705. The Morgan fingerprint density at radius 2 is 2.00 bits per heavy atom. The van der Waals surface area contributed by atoms with Crippen LogP contribution in [0.4, 0.5) is 10.5 Å². The zero-order chi connectivity index (χ0) is 17.6. The topological polar surface area (TPSA) is 101 Å². The van der Waals surface area contributed by atoms with Crippen molar-refractivity contribution >= 4 is 17.6 Å². The van der Waals surface area contributed by atoms with Gasteiger partial charge in [-0.15, -0.1) is 0 Å². The number of hydrogen-bond donors (Lipinski definition) is 3. The molecule has 0 aliphatic heterocycles. The number of amides is 3. The summed E-state index contributed by atoms with van der Waals surface area (Å²) in [6.07, 6.45) is 8.29. The number of urea groups is 1. The van der Waals surface area contributed by atoms with Gasteiger partial charge < -0.3 is 16.0 Å². The van der Waals surface area contributed by atoms with Gasteiger partial charge in [0.15, 0.2) is 5.82 Å². The van der Waals surface area contributed by atoms with Gasteiger partial charge in [-0.3, -0.25) is 4.79 Å². The number of carbonyl (C=O) groups is 2. The minimum Gasteiger partial charge on any atom is -0.359 e. The fourth-order valence-electron chi connectivity index (χ4n) is 3.06. The Morgan fingerprint density at radius 1 is 1.20 bits per heavy atom. The van der Waals surface area contributed by atoms with Gasteiger partial charge in [0.1, 0.15) is 0 Å². The SMILES string of the molecule is CNC(=O)C1CCC(NC(=O)Nc2ccc(-n3cccn3)nc2)CC1. The maximum Gasteiger partial charge on any atom is 0.319 e. The van der Waals surface area contributed by atoms with Crippen LogP contribution in [0.5, 0.6) is 0 Å². The van der Waals surface area contributed by atoms with Crippen molar-refractivity contribution in [3.63, 3.8) is 0 Å². The molecule has 3 amide bonds. The molecule has 1 aliphatic carbocycles. The van der Waals surface area contributed by atoms with Gasteiger partial charge in [-0.2, -0.15) is 5.10 Å². The van der Waals surface area contributed by atoms with Gasteiger partial charge >= 0.3 is 6.03 Å². The number of nitrogens with zero attached hydrogens (tertiary/aromatic N) is 3. The molecule has 25 heavy (non-hydrogen) atoms. The van der Waals surface area contributed by atoms with Crippen LogP contribution in [0.3, 0.4) is 0 Å². The molecule has 0 saturated heterocycles. The second kappa shape index (κ2) is 7.78. The summed E-state index contributed by atoms with van der Waals surface area (Å²) >= 11 is 0. The lowest BCUT2D eigenvalue weighted by Crippen LogP contribution is -2.42. The Hall–Kier alpha value is -2.90. The van der Waals surface area contributed by atoms with E-state index in [1.54, 1.807) is 42.5 Å². The summed E-state index contributed by atoms with van der Waals surface area (Å²) in [5.41, 5.74) is 0.618. The van der Waals surface area contributed by atoms with Gasteiger partial charge in [0.25, 0.3) is 0 Å². The second-order valence-corrected chi connectivity index (χ2v) is 6.12. The van der Waals surface area contributed by atoms with E-state index in [2.05, 4.69) is 26.0 Å². The van der Waals surface area contributed by atoms with Crippen molar-refractivity contribution in [2.75, 3.05) is 12.4 Å². The van der Waals surface area contributed by atoms with E-state index in [4.69, 9.17) is 0 Å². The molecule has 1 saturated carbocycles. The quantitative estimate of drug-likeness (QED) is 0.787. The normalized spacial score (nSPS) is 19.9. The van der Waals surface area contributed by atoms with Gasteiger partial charge in [0.05, 0.1) is 11.9 Å². The van der Waals surface area contributed by atoms with Gasteiger partial charge in [-0.05, 0) is 43.9 Å². The maximum atomic E-state index is 12.1. The molecule has 0 spiro atoms. The molecule has 3 N–H and O–H groups in total. The third kappa shape index (κ3) is 4.34. The number of carbonyl (C=O) groups excluding carboxylic acids is 2. The molecule has 0 aromatic carbocycles. The van der Waals surface area contributed by atoms with E-state index in [1.165, 1.54) is 0 Å². The summed E-state index contributed by atoms with van der Waals surface area (Å²) in [6, 6.07) is 5.23. The molecule has 8 nitrogen and oxygen atoms in total. The minimum atomic E-state index is -0.253. The molecule has 2 aromatic heterocycles. The predicted molar refractivity (Wildman–Crippen MR) is 93.3 cm³/mol. The first-order chi connectivity index (χ1) is 12.2. The average molecular weight is 342 g/mol. The average Bonchev–Trinajstić information content (AvgIpc) is 3.17. The number of hydrogen-bond acceptors (Lipinski definition) is 4. The van der Waals surface area contributed by atoms with Crippen molar-refractivity contribution in [2.24, 2.45) is 5.92 Å². The van der Waals surface area contributed by atoms with Crippen molar-refractivity contribution in [3.05, 3.63) is 36.8 Å². The summed E-state index contributed by atoms with van der Waals surface area (Å²) in [4.78, 5) is 28.0. The first-order valence-electron chi connectivity index (χ1n) is 8.41. The summed E-state index contributed by atoms with van der Waals surface area (Å²) in [5.74, 6) is 0.833. The smallest absolute Gasteiger partial charge is 0.319 e. The van der Waals surface area contributed by atoms with Crippen molar-refractivity contribution in [2.45, 2.75) is 31.7 Å². The molecule has 0 atom stereocenters. The molecule has 132 valence electrons. The van der Waals surface area contributed by atoms with Crippen LogP contribution >= 0.6 is 0 Å². The Balaban J connectivity index is 1.47. The molecule has 2 aromatic rings. The van der Waals surface area contributed by atoms with Crippen LogP contribution in [0.25, 0.3) is 5.82 Å². The largest absolute Gasteiger partial charge is 0.359 e. The number of anilines is 1. The van der Waals surface area contributed by atoms with Crippen molar-refractivity contribution in [3.8, 4) is 5.82 Å². The van der Waals surface area contributed by atoms with E-state index in [-0.39, 0.29) is 23.9 Å².